The number of nitrogens with one attached hydrogen (secondary N) is 3. The van der Waals surface area contributed by atoms with Gasteiger partial charge in [-0.2, -0.15) is 5.10 Å². The molecule has 5 aromatic rings. The number of carbonyl (C=O) groups excluding carboxylic acids is 1. The number of anilines is 2. The molecular weight excluding hydrogens is 442 g/mol. The van der Waals surface area contributed by atoms with E-state index in [2.05, 4.69) is 25.5 Å². The summed E-state index contributed by atoms with van der Waals surface area (Å²) in [5.74, 6) is 1.58. The van der Waals surface area contributed by atoms with Crippen LogP contribution < -0.4 is 10.1 Å². The van der Waals surface area contributed by atoms with E-state index in [0.717, 1.165) is 33.3 Å². The molecular formula is C26H25N7O2. The van der Waals surface area contributed by atoms with Gasteiger partial charge in [-0.25, -0.2) is 9.97 Å². The summed E-state index contributed by atoms with van der Waals surface area (Å²) in [6.45, 7) is 2.58. The Morgan fingerprint density at radius 1 is 1.06 bits per heavy atom. The van der Waals surface area contributed by atoms with Crippen molar-refractivity contribution in [3.63, 3.8) is 0 Å². The summed E-state index contributed by atoms with van der Waals surface area (Å²) in [5, 5.41) is 11.1. The molecule has 0 radical (unpaired) electrons. The minimum atomic E-state index is -0.0452. The molecule has 0 aliphatic carbocycles. The van der Waals surface area contributed by atoms with Crippen LogP contribution in [-0.4, -0.2) is 56.7 Å². The normalized spacial score (nSPS) is 10.9. The number of methoxy groups -OCH3 is 1. The molecule has 3 heterocycles. The second-order valence-electron chi connectivity index (χ2n) is 8.10. The maximum absolute atomic E-state index is 12.5. The summed E-state index contributed by atoms with van der Waals surface area (Å²) in [4.78, 5) is 26.6. The Labute approximate surface area is 202 Å². The molecule has 0 spiro atoms. The van der Waals surface area contributed by atoms with Crippen LogP contribution in [0.4, 0.5) is 11.5 Å². The molecule has 0 saturated carbocycles. The molecule has 176 valence electrons. The van der Waals surface area contributed by atoms with Gasteiger partial charge in [0.1, 0.15) is 5.69 Å². The van der Waals surface area contributed by atoms with E-state index in [4.69, 9.17) is 9.72 Å². The molecule has 3 N–H and O–H groups in total. The molecule has 35 heavy (non-hydrogen) atoms. The fourth-order valence-corrected chi connectivity index (χ4v) is 3.77. The highest BCUT2D eigenvalue weighted by molar-refractivity contribution is 5.98. The van der Waals surface area contributed by atoms with E-state index in [1.165, 1.54) is 0 Å². The number of ether oxygens (including phenoxy) is 1. The van der Waals surface area contributed by atoms with Crippen LogP contribution in [0.5, 0.6) is 5.75 Å². The molecule has 0 unspecified atom stereocenters. The number of fused-ring (bicyclic) bond motifs is 1. The van der Waals surface area contributed by atoms with E-state index in [-0.39, 0.29) is 5.91 Å². The predicted octanol–water partition coefficient (Wildman–Crippen LogP) is 4.86. The van der Waals surface area contributed by atoms with Crippen molar-refractivity contribution in [2.45, 2.75) is 6.92 Å². The Bertz CT molecular complexity index is 1470. The van der Waals surface area contributed by atoms with Gasteiger partial charge in [0.05, 0.1) is 19.5 Å². The zero-order valence-corrected chi connectivity index (χ0v) is 19.7. The number of aromatic nitrogens is 5. The highest BCUT2D eigenvalue weighted by Crippen LogP contribution is 2.30. The van der Waals surface area contributed by atoms with Crippen molar-refractivity contribution in [1.82, 2.24) is 30.0 Å². The minimum absolute atomic E-state index is 0.0452. The van der Waals surface area contributed by atoms with Crippen molar-refractivity contribution in [2.75, 3.05) is 26.0 Å². The first kappa shape index (κ1) is 22.1. The first-order valence-corrected chi connectivity index (χ1v) is 11.2. The van der Waals surface area contributed by atoms with Crippen LogP contribution in [0, 0.1) is 0 Å². The van der Waals surface area contributed by atoms with Crippen LogP contribution in [0.2, 0.25) is 0 Å². The summed E-state index contributed by atoms with van der Waals surface area (Å²) in [7, 11) is 3.37. The monoisotopic (exact) mass is 467 g/mol. The van der Waals surface area contributed by atoms with Gasteiger partial charge in [-0.05, 0) is 36.8 Å². The smallest absolute Gasteiger partial charge is 0.270 e. The summed E-state index contributed by atoms with van der Waals surface area (Å²) in [5.41, 5.74) is 5.16. The Morgan fingerprint density at radius 2 is 1.86 bits per heavy atom. The largest absolute Gasteiger partial charge is 0.491 e. The standard InChI is InChI=1S/C26H25N7O2/c1-4-33(2)26(34)22-11-17-5-6-18(12-21(17)31-22)24-27-15-23(35-3)25(32-24)30-20-9-7-16(8-10-20)19-13-28-29-14-19/h5-15,31H,4H2,1-3H3,(H,28,29)(H,27,30,32). The molecule has 0 fully saturated rings. The molecule has 0 aliphatic heterocycles. The van der Waals surface area contributed by atoms with E-state index < -0.39 is 0 Å². The van der Waals surface area contributed by atoms with Crippen LogP contribution in [-0.2, 0) is 0 Å². The van der Waals surface area contributed by atoms with Crippen LogP contribution in [0.1, 0.15) is 17.4 Å². The number of aromatic amines is 2. The Balaban J connectivity index is 1.43. The lowest BCUT2D eigenvalue weighted by atomic mass is 10.1. The molecule has 2 aromatic carbocycles. The number of carbonyl (C=O) groups is 1. The predicted molar refractivity (Wildman–Crippen MR) is 136 cm³/mol. The second-order valence-corrected chi connectivity index (χ2v) is 8.10. The molecule has 9 heteroatoms. The number of benzene rings is 2. The number of amides is 1. The minimum Gasteiger partial charge on any atom is -0.491 e. The van der Waals surface area contributed by atoms with Crippen molar-refractivity contribution in [3.8, 4) is 28.3 Å². The highest BCUT2D eigenvalue weighted by Gasteiger charge is 2.15. The van der Waals surface area contributed by atoms with Gasteiger partial charge in [-0.15, -0.1) is 0 Å². The number of nitrogens with zero attached hydrogens (tertiary/aromatic N) is 4. The van der Waals surface area contributed by atoms with Gasteiger partial charge in [-0.3, -0.25) is 9.89 Å². The Kier molecular flexibility index (Phi) is 5.88. The second kappa shape index (κ2) is 9.30. The van der Waals surface area contributed by atoms with Crippen LogP contribution >= 0.6 is 0 Å². The first-order valence-electron chi connectivity index (χ1n) is 11.2. The van der Waals surface area contributed by atoms with Gasteiger partial charge in [-0.1, -0.05) is 24.3 Å². The van der Waals surface area contributed by atoms with Gasteiger partial charge in [0.25, 0.3) is 5.91 Å². The van der Waals surface area contributed by atoms with Crippen LogP contribution in [0.3, 0.4) is 0 Å². The van der Waals surface area contributed by atoms with E-state index in [1.807, 2.05) is 61.7 Å². The maximum Gasteiger partial charge on any atom is 0.270 e. The average Bonchev–Trinajstić information content (AvgIpc) is 3.58. The van der Waals surface area contributed by atoms with Crippen molar-refractivity contribution in [3.05, 3.63) is 72.8 Å². The van der Waals surface area contributed by atoms with E-state index >= 15 is 0 Å². The van der Waals surface area contributed by atoms with Crippen LogP contribution in [0.25, 0.3) is 33.4 Å². The molecule has 1 amide bonds. The SMILES string of the molecule is CCN(C)C(=O)c1cc2ccc(-c3ncc(OC)c(Nc4ccc(-c5cn[nH]c5)cc4)n3)cc2[nH]1. The quantitative estimate of drug-likeness (QED) is 0.315. The third-order valence-corrected chi connectivity index (χ3v) is 5.89. The fourth-order valence-electron chi connectivity index (χ4n) is 3.77. The zero-order valence-electron chi connectivity index (χ0n) is 19.7. The van der Waals surface area contributed by atoms with Gasteiger partial charge in [0.15, 0.2) is 17.4 Å². The van der Waals surface area contributed by atoms with E-state index in [0.29, 0.717) is 29.6 Å². The highest BCUT2D eigenvalue weighted by atomic mass is 16.5. The van der Waals surface area contributed by atoms with E-state index in [9.17, 15) is 4.79 Å². The molecule has 0 saturated heterocycles. The Hall–Kier alpha value is -4.66. The number of hydrogen-bond acceptors (Lipinski definition) is 6. The maximum atomic E-state index is 12.5. The summed E-state index contributed by atoms with van der Waals surface area (Å²) < 4.78 is 5.48. The topological polar surface area (TPSA) is 112 Å². The van der Waals surface area contributed by atoms with Crippen molar-refractivity contribution >= 4 is 28.3 Å². The number of hydrogen-bond donors (Lipinski definition) is 3. The molecule has 0 atom stereocenters. The van der Waals surface area contributed by atoms with Crippen molar-refractivity contribution < 1.29 is 9.53 Å². The third-order valence-electron chi connectivity index (χ3n) is 5.89. The zero-order chi connectivity index (χ0) is 24.4. The van der Waals surface area contributed by atoms with Crippen LogP contribution in [0.15, 0.2) is 67.1 Å². The van der Waals surface area contributed by atoms with Gasteiger partial charge >= 0.3 is 0 Å². The van der Waals surface area contributed by atoms with Gasteiger partial charge in [0, 0.05) is 47.5 Å². The lowest BCUT2D eigenvalue weighted by Crippen LogP contribution is -2.26. The van der Waals surface area contributed by atoms with Gasteiger partial charge < -0.3 is 19.9 Å². The number of H-pyrrole nitrogens is 2. The molecule has 0 bridgehead atoms. The Morgan fingerprint density at radius 3 is 2.57 bits per heavy atom. The summed E-state index contributed by atoms with van der Waals surface area (Å²) in [6.07, 6.45) is 5.28. The molecule has 5 rings (SSSR count). The summed E-state index contributed by atoms with van der Waals surface area (Å²) >= 11 is 0. The third kappa shape index (κ3) is 4.43. The van der Waals surface area contributed by atoms with E-state index in [1.54, 1.807) is 31.5 Å². The average molecular weight is 468 g/mol. The lowest BCUT2D eigenvalue weighted by Gasteiger charge is -2.12. The van der Waals surface area contributed by atoms with Crippen molar-refractivity contribution in [1.29, 1.82) is 0 Å². The molecule has 0 aliphatic rings. The molecule has 3 aromatic heterocycles. The van der Waals surface area contributed by atoms with Gasteiger partial charge in [0.2, 0.25) is 0 Å². The first-order chi connectivity index (χ1) is 17.1. The number of rotatable bonds is 7. The summed E-state index contributed by atoms with van der Waals surface area (Å²) in [6, 6.07) is 15.7. The fraction of sp³-hybridized carbons (Fsp3) is 0.154. The molecule has 9 nitrogen and oxygen atoms in total. The lowest BCUT2D eigenvalue weighted by molar-refractivity contribution is 0.0797. The van der Waals surface area contributed by atoms with Crippen molar-refractivity contribution in [2.24, 2.45) is 0 Å².